The van der Waals surface area contributed by atoms with Crippen molar-refractivity contribution in [2.75, 3.05) is 6.54 Å². The molecule has 2 N–H and O–H groups in total. The molecule has 0 radical (unpaired) electrons. The first-order chi connectivity index (χ1) is 10.2. The third-order valence-corrected chi connectivity index (χ3v) is 3.83. The molecule has 1 aromatic rings. The Hall–Kier alpha value is -2.06. The fourth-order valence-corrected chi connectivity index (χ4v) is 2.52. The molecule has 1 aliphatic heterocycles. The number of halogens is 3. The van der Waals surface area contributed by atoms with E-state index >= 15 is 0 Å². The molecule has 2 amide bonds. The lowest BCUT2D eigenvalue weighted by atomic mass is 9.93. The van der Waals surface area contributed by atoms with Crippen molar-refractivity contribution in [3.63, 3.8) is 0 Å². The van der Waals surface area contributed by atoms with Gasteiger partial charge in [-0.1, -0.05) is 0 Å². The standard InChI is InChI=1S/C13H17F3N4O2/c1-8-2-3-9(12(17)22)6-20(8)11(21)7-19-5-4-10(18-19)13(14,15)16/h4-5,8-9H,2-3,6-7H2,1H3,(H2,17,22)/t8-,9+/m0/s1. The van der Waals surface area contributed by atoms with Crippen molar-refractivity contribution in [3.8, 4) is 0 Å². The number of amides is 2. The van der Waals surface area contributed by atoms with E-state index < -0.39 is 23.7 Å². The van der Waals surface area contributed by atoms with Crippen molar-refractivity contribution < 1.29 is 22.8 Å². The first-order valence-electron chi connectivity index (χ1n) is 6.88. The molecule has 2 rings (SSSR count). The average Bonchev–Trinajstić information content (AvgIpc) is 2.87. The van der Waals surface area contributed by atoms with Crippen LogP contribution in [0.4, 0.5) is 13.2 Å². The van der Waals surface area contributed by atoms with Crippen LogP contribution in [-0.4, -0.2) is 39.1 Å². The molecule has 0 bridgehead atoms. The minimum atomic E-state index is -4.54. The zero-order valence-electron chi connectivity index (χ0n) is 12.0. The van der Waals surface area contributed by atoms with Gasteiger partial charge in [0.15, 0.2) is 5.69 Å². The van der Waals surface area contributed by atoms with E-state index in [4.69, 9.17) is 5.73 Å². The third kappa shape index (κ3) is 3.58. The minimum Gasteiger partial charge on any atom is -0.369 e. The summed E-state index contributed by atoms with van der Waals surface area (Å²) < 4.78 is 38.4. The van der Waals surface area contributed by atoms with Crippen LogP contribution in [0.1, 0.15) is 25.5 Å². The summed E-state index contributed by atoms with van der Waals surface area (Å²) in [6.45, 7) is 1.73. The van der Waals surface area contributed by atoms with Gasteiger partial charge in [0, 0.05) is 18.8 Å². The van der Waals surface area contributed by atoms with Crippen molar-refractivity contribution in [2.45, 2.75) is 38.5 Å². The van der Waals surface area contributed by atoms with Gasteiger partial charge in [-0.05, 0) is 25.8 Å². The monoisotopic (exact) mass is 318 g/mol. The second-order valence-electron chi connectivity index (χ2n) is 5.47. The molecule has 1 aromatic heterocycles. The topological polar surface area (TPSA) is 81.2 Å². The average molecular weight is 318 g/mol. The van der Waals surface area contributed by atoms with Crippen molar-refractivity contribution in [2.24, 2.45) is 11.7 Å². The number of primary amides is 1. The summed E-state index contributed by atoms with van der Waals surface area (Å²) >= 11 is 0. The van der Waals surface area contributed by atoms with Crippen molar-refractivity contribution in [3.05, 3.63) is 18.0 Å². The van der Waals surface area contributed by atoms with Crippen LogP contribution >= 0.6 is 0 Å². The van der Waals surface area contributed by atoms with Gasteiger partial charge < -0.3 is 10.6 Å². The van der Waals surface area contributed by atoms with Crippen LogP contribution in [0.25, 0.3) is 0 Å². The summed E-state index contributed by atoms with van der Waals surface area (Å²) in [4.78, 5) is 25.0. The Morgan fingerprint density at radius 1 is 1.41 bits per heavy atom. The maximum Gasteiger partial charge on any atom is 0.435 e. The quantitative estimate of drug-likeness (QED) is 0.903. The first-order valence-corrected chi connectivity index (χ1v) is 6.88. The van der Waals surface area contributed by atoms with Gasteiger partial charge in [0.05, 0.1) is 5.92 Å². The summed E-state index contributed by atoms with van der Waals surface area (Å²) in [7, 11) is 0. The van der Waals surface area contributed by atoms with E-state index in [1.54, 1.807) is 0 Å². The van der Waals surface area contributed by atoms with E-state index in [0.717, 1.165) is 16.9 Å². The van der Waals surface area contributed by atoms with Crippen LogP contribution in [-0.2, 0) is 22.3 Å². The molecule has 122 valence electrons. The molecule has 0 unspecified atom stereocenters. The number of nitrogens with two attached hydrogens (primary N) is 1. The molecule has 0 aromatic carbocycles. The number of hydrogen-bond donors (Lipinski definition) is 1. The smallest absolute Gasteiger partial charge is 0.369 e. The number of piperidine rings is 1. The lowest BCUT2D eigenvalue weighted by Crippen LogP contribution is -2.49. The molecule has 22 heavy (non-hydrogen) atoms. The Labute approximate surface area is 125 Å². The predicted molar refractivity (Wildman–Crippen MR) is 70.3 cm³/mol. The number of alkyl halides is 3. The van der Waals surface area contributed by atoms with E-state index in [1.807, 2.05) is 6.92 Å². The van der Waals surface area contributed by atoms with E-state index in [2.05, 4.69) is 5.10 Å². The molecular weight excluding hydrogens is 301 g/mol. The Morgan fingerprint density at radius 2 is 2.09 bits per heavy atom. The zero-order chi connectivity index (χ0) is 16.5. The van der Waals surface area contributed by atoms with Crippen LogP contribution in [0.3, 0.4) is 0 Å². The fraction of sp³-hybridized carbons (Fsp3) is 0.615. The Bertz CT molecular complexity index is 570. The van der Waals surface area contributed by atoms with Gasteiger partial charge in [-0.3, -0.25) is 14.3 Å². The molecule has 6 nitrogen and oxygen atoms in total. The molecule has 0 spiro atoms. The Kier molecular flexibility index (Phi) is 4.43. The molecule has 9 heteroatoms. The van der Waals surface area contributed by atoms with Crippen LogP contribution in [0.5, 0.6) is 0 Å². The highest BCUT2D eigenvalue weighted by Gasteiger charge is 2.34. The first kappa shape index (κ1) is 16.3. The number of aromatic nitrogens is 2. The second kappa shape index (κ2) is 5.98. The highest BCUT2D eigenvalue weighted by molar-refractivity contribution is 5.80. The van der Waals surface area contributed by atoms with E-state index in [1.165, 1.54) is 4.90 Å². The summed E-state index contributed by atoms with van der Waals surface area (Å²) in [5.74, 6) is -1.26. The van der Waals surface area contributed by atoms with Gasteiger partial charge in [-0.15, -0.1) is 0 Å². The van der Waals surface area contributed by atoms with E-state index in [9.17, 15) is 22.8 Å². The van der Waals surface area contributed by atoms with Crippen molar-refractivity contribution >= 4 is 11.8 Å². The lowest BCUT2D eigenvalue weighted by molar-refractivity contribution is -0.143. The number of hydrogen-bond acceptors (Lipinski definition) is 3. The van der Waals surface area contributed by atoms with Gasteiger partial charge in [-0.25, -0.2) is 0 Å². The molecule has 1 saturated heterocycles. The summed E-state index contributed by atoms with van der Waals surface area (Å²) in [6, 6.07) is 0.736. The highest BCUT2D eigenvalue weighted by atomic mass is 19.4. The maximum atomic E-state index is 12.5. The normalized spacial score (nSPS) is 22.6. The molecule has 0 saturated carbocycles. The van der Waals surface area contributed by atoms with E-state index in [-0.39, 0.29) is 25.0 Å². The predicted octanol–water partition coefficient (Wildman–Crippen LogP) is 1.01. The third-order valence-electron chi connectivity index (χ3n) is 3.83. The number of carbonyl (C=O) groups excluding carboxylic acids is 2. The Morgan fingerprint density at radius 3 is 2.64 bits per heavy atom. The molecular formula is C13H17F3N4O2. The van der Waals surface area contributed by atoms with Crippen LogP contribution in [0, 0.1) is 5.92 Å². The molecule has 0 aliphatic carbocycles. The van der Waals surface area contributed by atoms with Crippen molar-refractivity contribution in [1.29, 1.82) is 0 Å². The largest absolute Gasteiger partial charge is 0.435 e. The van der Waals surface area contributed by atoms with Gasteiger partial charge in [0.25, 0.3) is 0 Å². The van der Waals surface area contributed by atoms with Crippen LogP contribution in [0.2, 0.25) is 0 Å². The van der Waals surface area contributed by atoms with Gasteiger partial charge in [-0.2, -0.15) is 18.3 Å². The van der Waals surface area contributed by atoms with Gasteiger partial charge in [0.1, 0.15) is 6.54 Å². The second-order valence-corrected chi connectivity index (χ2v) is 5.47. The van der Waals surface area contributed by atoms with Gasteiger partial charge in [0.2, 0.25) is 11.8 Å². The highest BCUT2D eigenvalue weighted by Crippen LogP contribution is 2.27. The Balaban J connectivity index is 2.04. The summed E-state index contributed by atoms with van der Waals surface area (Å²) in [5.41, 5.74) is 4.22. The fourth-order valence-electron chi connectivity index (χ4n) is 2.52. The number of likely N-dealkylation sites (tertiary alicyclic amines) is 1. The molecule has 2 atom stereocenters. The number of rotatable bonds is 3. The number of nitrogens with zero attached hydrogens (tertiary/aromatic N) is 3. The van der Waals surface area contributed by atoms with Gasteiger partial charge >= 0.3 is 6.18 Å². The zero-order valence-corrected chi connectivity index (χ0v) is 12.0. The van der Waals surface area contributed by atoms with E-state index in [0.29, 0.717) is 12.8 Å². The molecule has 1 fully saturated rings. The van der Waals surface area contributed by atoms with Crippen LogP contribution < -0.4 is 5.73 Å². The lowest BCUT2D eigenvalue weighted by Gasteiger charge is -2.36. The SMILES string of the molecule is C[C@H]1CC[C@@H](C(N)=O)CN1C(=O)Cn1ccc(C(F)(F)F)n1. The minimum absolute atomic E-state index is 0.0826. The maximum absolute atomic E-state index is 12.5. The molecule has 2 heterocycles. The van der Waals surface area contributed by atoms with Crippen molar-refractivity contribution in [1.82, 2.24) is 14.7 Å². The summed E-state index contributed by atoms with van der Waals surface area (Å²) in [5, 5.41) is 3.35. The summed E-state index contributed by atoms with van der Waals surface area (Å²) in [6.07, 6.45) is -2.18. The molecule has 1 aliphatic rings. The number of carbonyl (C=O) groups is 2. The van der Waals surface area contributed by atoms with Crippen LogP contribution in [0.15, 0.2) is 12.3 Å².